The van der Waals surface area contributed by atoms with Gasteiger partial charge in [0.05, 0.1) is 17.7 Å². The smallest absolute Gasteiger partial charge is 0.264 e. The maximum atomic E-state index is 14.7. The highest BCUT2D eigenvalue weighted by molar-refractivity contribution is 7.92. The van der Waals surface area contributed by atoms with E-state index in [-0.39, 0.29) is 29.8 Å². The zero-order valence-corrected chi connectivity index (χ0v) is 28.1. The van der Waals surface area contributed by atoms with Crippen LogP contribution in [0, 0.1) is 13.8 Å². The molecule has 2 amide bonds. The van der Waals surface area contributed by atoms with Crippen LogP contribution in [0.4, 0.5) is 5.69 Å². The molecule has 1 saturated carbocycles. The molecule has 1 fully saturated rings. The molecule has 5 rings (SSSR count). The third-order valence-corrected chi connectivity index (χ3v) is 10.5. The molecule has 0 heterocycles. The average Bonchev–Trinajstić information content (AvgIpc) is 3.59. The summed E-state index contributed by atoms with van der Waals surface area (Å²) in [6.45, 7) is 3.36. The number of hydrogen-bond acceptors (Lipinski definition) is 5. The highest BCUT2D eigenvalue weighted by Gasteiger charge is 2.36. The number of nitrogens with zero attached hydrogens (tertiary/aromatic N) is 2. The number of aryl methyl sites for hydroxylation is 2. The summed E-state index contributed by atoms with van der Waals surface area (Å²) in [5, 5.41) is 3.21. The molecule has 1 N–H and O–H groups in total. The van der Waals surface area contributed by atoms with Gasteiger partial charge in [0, 0.05) is 19.0 Å². The number of carbonyl (C=O) groups is 2. The fourth-order valence-corrected chi connectivity index (χ4v) is 7.71. The van der Waals surface area contributed by atoms with Crippen LogP contribution < -0.4 is 14.4 Å². The van der Waals surface area contributed by atoms with Crippen molar-refractivity contribution < 1.29 is 22.7 Å². The van der Waals surface area contributed by atoms with Crippen molar-refractivity contribution in [3.63, 3.8) is 0 Å². The Kier molecular flexibility index (Phi) is 11.0. The van der Waals surface area contributed by atoms with Gasteiger partial charge in [-0.2, -0.15) is 0 Å². The highest BCUT2D eigenvalue weighted by Crippen LogP contribution is 2.29. The van der Waals surface area contributed by atoms with Crippen LogP contribution in [-0.2, 0) is 32.6 Å². The second kappa shape index (κ2) is 15.3. The van der Waals surface area contributed by atoms with Crippen molar-refractivity contribution in [2.75, 3.05) is 18.0 Å². The summed E-state index contributed by atoms with van der Waals surface area (Å²) >= 11 is 0. The van der Waals surface area contributed by atoms with Crippen molar-refractivity contribution in [2.45, 2.75) is 69.5 Å². The lowest BCUT2D eigenvalue weighted by atomic mass is 10.0. The van der Waals surface area contributed by atoms with E-state index in [1.807, 2.05) is 80.6 Å². The van der Waals surface area contributed by atoms with E-state index in [1.165, 1.54) is 21.3 Å². The van der Waals surface area contributed by atoms with Crippen LogP contribution in [0.5, 0.6) is 5.75 Å². The average molecular weight is 654 g/mol. The van der Waals surface area contributed by atoms with E-state index in [0.717, 1.165) is 47.9 Å². The zero-order valence-electron chi connectivity index (χ0n) is 27.3. The first kappa shape index (κ1) is 33.7. The van der Waals surface area contributed by atoms with Crippen LogP contribution in [0.3, 0.4) is 0 Å². The van der Waals surface area contributed by atoms with Crippen molar-refractivity contribution in [2.24, 2.45) is 0 Å². The largest absolute Gasteiger partial charge is 0.497 e. The number of nitrogens with one attached hydrogen (secondary N) is 1. The van der Waals surface area contributed by atoms with Gasteiger partial charge in [-0.3, -0.25) is 13.9 Å². The van der Waals surface area contributed by atoms with E-state index in [9.17, 15) is 18.0 Å². The molecule has 4 aromatic carbocycles. The Labute approximate surface area is 278 Å². The summed E-state index contributed by atoms with van der Waals surface area (Å²) in [4.78, 5) is 30.5. The minimum absolute atomic E-state index is 0.0414. The first-order valence-electron chi connectivity index (χ1n) is 16.1. The molecule has 9 heteroatoms. The van der Waals surface area contributed by atoms with Gasteiger partial charge in [-0.05, 0) is 73.7 Å². The quantitative estimate of drug-likeness (QED) is 0.185. The summed E-state index contributed by atoms with van der Waals surface area (Å²) in [5.74, 6) is -0.121. The Morgan fingerprint density at radius 2 is 1.51 bits per heavy atom. The van der Waals surface area contributed by atoms with Crippen molar-refractivity contribution in [1.29, 1.82) is 0 Å². The second-order valence-electron chi connectivity index (χ2n) is 12.2. The van der Waals surface area contributed by atoms with Crippen LogP contribution in [-0.4, -0.2) is 50.9 Å². The molecule has 47 heavy (non-hydrogen) atoms. The monoisotopic (exact) mass is 653 g/mol. The van der Waals surface area contributed by atoms with Gasteiger partial charge in [-0.15, -0.1) is 0 Å². The Morgan fingerprint density at radius 1 is 0.851 bits per heavy atom. The number of benzene rings is 4. The molecule has 1 unspecified atom stereocenters. The van der Waals surface area contributed by atoms with E-state index >= 15 is 0 Å². The van der Waals surface area contributed by atoms with Gasteiger partial charge < -0.3 is 15.0 Å². The van der Waals surface area contributed by atoms with Crippen LogP contribution in [0.2, 0.25) is 0 Å². The van der Waals surface area contributed by atoms with Crippen molar-refractivity contribution in [3.05, 3.63) is 125 Å². The first-order chi connectivity index (χ1) is 22.7. The Balaban J connectivity index is 1.59. The predicted molar refractivity (Wildman–Crippen MR) is 185 cm³/mol. The lowest BCUT2D eigenvalue weighted by Crippen LogP contribution is -2.54. The van der Waals surface area contributed by atoms with E-state index < -0.39 is 28.5 Å². The van der Waals surface area contributed by atoms with E-state index in [4.69, 9.17) is 4.74 Å². The summed E-state index contributed by atoms with van der Waals surface area (Å²) in [6.07, 6.45) is 4.14. The lowest BCUT2D eigenvalue weighted by molar-refractivity contribution is -0.140. The third-order valence-electron chi connectivity index (χ3n) is 8.69. The zero-order chi connectivity index (χ0) is 33.4. The van der Waals surface area contributed by atoms with Crippen molar-refractivity contribution in [1.82, 2.24) is 10.2 Å². The normalized spacial score (nSPS) is 13.9. The molecule has 1 aliphatic carbocycles. The number of ether oxygens (including phenoxy) is 1. The number of anilines is 1. The predicted octanol–water partition coefficient (Wildman–Crippen LogP) is 6.21. The van der Waals surface area contributed by atoms with Gasteiger partial charge in [0.1, 0.15) is 18.3 Å². The maximum Gasteiger partial charge on any atom is 0.264 e. The number of sulfonamides is 1. The molecular formula is C38H43N3O5S. The van der Waals surface area contributed by atoms with E-state index in [0.29, 0.717) is 11.4 Å². The lowest BCUT2D eigenvalue weighted by Gasteiger charge is -2.34. The van der Waals surface area contributed by atoms with Crippen LogP contribution in [0.25, 0.3) is 0 Å². The molecular weight excluding hydrogens is 611 g/mol. The summed E-state index contributed by atoms with van der Waals surface area (Å²) in [7, 11) is -2.58. The molecule has 0 spiro atoms. The fourth-order valence-electron chi connectivity index (χ4n) is 6.21. The van der Waals surface area contributed by atoms with Crippen LogP contribution in [0.1, 0.15) is 47.9 Å². The molecule has 246 valence electrons. The molecule has 8 nitrogen and oxygen atoms in total. The van der Waals surface area contributed by atoms with Gasteiger partial charge in [0.2, 0.25) is 11.8 Å². The molecule has 0 bridgehead atoms. The summed E-state index contributed by atoms with van der Waals surface area (Å²) in [6, 6.07) is 29.7. The fraction of sp³-hybridized carbons (Fsp3) is 0.316. The van der Waals surface area contributed by atoms with Crippen molar-refractivity contribution in [3.8, 4) is 5.75 Å². The molecule has 0 aromatic heterocycles. The first-order valence-corrected chi connectivity index (χ1v) is 17.5. The summed E-state index contributed by atoms with van der Waals surface area (Å²) < 4.78 is 35.1. The number of amides is 2. The number of methoxy groups -OCH3 is 1. The van der Waals surface area contributed by atoms with E-state index in [1.54, 1.807) is 31.4 Å². The number of carbonyl (C=O) groups excluding carboxylic acids is 2. The SMILES string of the molecule is COc1cccc(CN(C(=O)CN(c2ccc(C)cc2C)S(=O)(=O)c2ccccc2)C(Cc2ccccc2)C(=O)NC2CCCC2)c1. The summed E-state index contributed by atoms with van der Waals surface area (Å²) in [5.41, 5.74) is 3.75. The minimum Gasteiger partial charge on any atom is -0.497 e. The highest BCUT2D eigenvalue weighted by atomic mass is 32.2. The molecule has 0 aliphatic heterocycles. The minimum atomic E-state index is -4.16. The Bertz CT molecular complexity index is 1770. The van der Waals surface area contributed by atoms with Gasteiger partial charge in [0.15, 0.2) is 0 Å². The topological polar surface area (TPSA) is 96.0 Å². The molecule has 0 radical (unpaired) electrons. The number of hydrogen-bond donors (Lipinski definition) is 1. The second-order valence-corrected chi connectivity index (χ2v) is 14.0. The van der Waals surface area contributed by atoms with Gasteiger partial charge in [-0.1, -0.05) is 91.2 Å². The molecule has 1 aliphatic rings. The van der Waals surface area contributed by atoms with Crippen LogP contribution in [0.15, 0.2) is 108 Å². The standard InChI is InChI=1S/C38H43N3O5S/c1-28-21-22-35(29(2)23-28)41(47(44,45)34-19-8-5-9-20-34)27-37(42)40(26-31-15-12-18-33(24-31)46-3)36(25-30-13-6-4-7-14-30)38(43)39-32-16-10-11-17-32/h4-9,12-15,18-24,32,36H,10-11,16-17,25-27H2,1-3H3,(H,39,43). The maximum absolute atomic E-state index is 14.7. The van der Waals surface area contributed by atoms with Gasteiger partial charge in [0.25, 0.3) is 10.0 Å². The van der Waals surface area contributed by atoms with Gasteiger partial charge in [-0.25, -0.2) is 8.42 Å². The Morgan fingerprint density at radius 3 is 2.17 bits per heavy atom. The molecule has 0 saturated heterocycles. The molecule has 4 aromatic rings. The molecule has 1 atom stereocenters. The van der Waals surface area contributed by atoms with Crippen LogP contribution >= 0.6 is 0 Å². The third kappa shape index (κ3) is 8.40. The van der Waals surface area contributed by atoms with Crippen molar-refractivity contribution >= 4 is 27.5 Å². The van der Waals surface area contributed by atoms with E-state index in [2.05, 4.69) is 5.32 Å². The Hall–Kier alpha value is -4.63. The number of rotatable bonds is 13. The van der Waals surface area contributed by atoms with Gasteiger partial charge >= 0.3 is 0 Å².